The van der Waals surface area contributed by atoms with Crippen LogP contribution in [0, 0.1) is 6.92 Å². The summed E-state index contributed by atoms with van der Waals surface area (Å²) in [5, 5.41) is 5.66. The van der Waals surface area contributed by atoms with Crippen molar-refractivity contribution < 1.29 is 9.53 Å². The number of nitrogens with one attached hydrogen (secondary N) is 1. The molecule has 1 atom stereocenters. The van der Waals surface area contributed by atoms with Crippen LogP contribution in [0.15, 0.2) is 60.7 Å². The van der Waals surface area contributed by atoms with Gasteiger partial charge in [-0.1, -0.05) is 68.0 Å². The maximum absolute atomic E-state index is 12.7. The van der Waals surface area contributed by atoms with Gasteiger partial charge in [-0.3, -0.25) is 4.79 Å². The van der Waals surface area contributed by atoms with Crippen molar-refractivity contribution in [3.63, 3.8) is 0 Å². The molecule has 2 aliphatic rings. The maximum Gasteiger partial charge on any atom is 0.223 e. The number of amides is 1. The Morgan fingerprint density at radius 2 is 1.90 bits per heavy atom. The first-order valence-electron chi connectivity index (χ1n) is 10.8. The molecular formula is C27H28N2O2. The van der Waals surface area contributed by atoms with E-state index >= 15 is 0 Å². The molecule has 158 valence electrons. The second-order valence-corrected chi connectivity index (χ2v) is 9.10. The van der Waals surface area contributed by atoms with Crippen molar-refractivity contribution in [3.05, 3.63) is 77.4 Å². The molecule has 31 heavy (non-hydrogen) atoms. The van der Waals surface area contributed by atoms with Gasteiger partial charge in [0.05, 0.1) is 7.11 Å². The van der Waals surface area contributed by atoms with Gasteiger partial charge in [0.15, 0.2) is 0 Å². The average molecular weight is 413 g/mol. The summed E-state index contributed by atoms with van der Waals surface area (Å²) in [5.74, 6) is 0.910. The van der Waals surface area contributed by atoms with Crippen molar-refractivity contribution in [3.8, 4) is 5.75 Å². The summed E-state index contributed by atoms with van der Waals surface area (Å²) in [5.41, 5.74) is 3.78. The van der Waals surface area contributed by atoms with E-state index in [1.807, 2.05) is 18.2 Å². The molecule has 1 amide bonds. The predicted molar refractivity (Wildman–Crippen MR) is 127 cm³/mol. The number of ether oxygens (including phenoxy) is 1. The van der Waals surface area contributed by atoms with E-state index in [2.05, 4.69) is 79.5 Å². The molecule has 0 radical (unpaired) electrons. The summed E-state index contributed by atoms with van der Waals surface area (Å²) in [7, 11) is 1.70. The topological polar surface area (TPSA) is 41.6 Å². The molecule has 4 heteroatoms. The van der Waals surface area contributed by atoms with Gasteiger partial charge >= 0.3 is 0 Å². The maximum atomic E-state index is 12.7. The third-order valence-corrected chi connectivity index (χ3v) is 7.03. The van der Waals surface area contributed by atoms with Gasteiger partial charge in [0, 0.05) is 29.6 Å². The lowest BCUT2D eigenvalue weighted by molar-refractivity contribution is -0.124. The van der Waals surface area contributed by atoms with E-state index < -0.39 is 5.66 Å². The molecule has 0 bridgehead atoms. The molecule has 2 aliphatic heterocycles. The van der Waals surface area contributed by atoms with Gasteiger partial charge in [-0.25, -0.2) is 0 Å². The molecule has 1 fully saturated rings. The van der Waals surface area contributed by atoms with Crippen LogP contribution >= 0.6 is 0 Å². The van der Waals surface area contributed by atoms with Crippen LogP contribution in [0.2, 0.25) is 0 Å². The van der Waals surface area contributed by atoms with E-state index in [0.29, 0.717) is 13.0 Å². The van der Waals surface area contributed by atoms with Crippen LogP contribution in [0.5, 0.6) is 5.75 Å². The van der Waals surface area contributed by atoms with Gasteiger partial charge in [-0.2, -0.15) is 0 Å². The van der Waals surface area contributed by atoms with Crippen molar-refractivity contribution in [2.24, 2.45) is 0 Å². The van der Waals surface area contributed by atoms with Crippen LogP contribution in [0.25, 0.3) is 16.8 Å². The third-order valence-electron chi connectivity index (χ3n) is 7.03. The van der Waals surface area contributed by atoms with Crippen molar-refractivity contribution in [2.75, 3.05) is 18.6 Å². The Labute approximate surface area is 183 Å². The molecular weight excluding hydrogens is 384 g/mol. The fraction of sp³-hybridized carbons (Fsp3) is 0.296. The van der Waals surface area contributed by atoms with Crippen molar-refractivity contribution in [2.45, 2.75) is 38.3 Å². The van der Waals surface area contributed by atoms with Crippen molar-refractivity contribution in [1.82, 2.24) is 5.32 Å². The fourth-order valence-electron chi connectivity index (χ4n) is 5.30. The number of fused-ring (bicyclic) bond motifs is 4. The number of carbonyl (C=O) groups excluding carboxylic acids is 1. The lowest BCUT2D eigenvalue weighted by Crippen LogP contribution is -2.68. The first-order chi connectivity index (χ1) is 14.9. The highest BCUT2D eigenvalue weighted by Gasteiger charge is 2.57. The lowest BCUT2D eigenvalue weighted by Gasteiger charge is -2.49. The van der Waals surface area contributed by atoms with Gasteiger partial charge < -0.3 is 15.0 Å². The largest absolute Gasteiger partial charge is 0.496 e. The monoisotopic (exact) mass is 412 g/mol. The first-order valence-corrected chi connectivity index (χ1v) is 10.8. The number of methoxy groups -OCH3 is 1. The molecule has 0 aromatic heterocycles. The van der Waals surface area contributed by atoms with Crippen LogP contribution in [-0.2, 0) is 10.2 Å². The van der Waals surface area contributed by atoms with Crippen molar-refractivity contribution in [1.29, 1.82) is 0 Å². The molecule has 0 spiro atoms. The summed E-state index contributed by atoms with van der Waals surface area (Å²) >= 11 is 0. The third kappa shape index (κ3) is 2.78. The second kappa shape index (κ2) is 6.88. The van der Waals surface area contributed by atoms with E-state index in [9.17, 15) is 4.79 Å². The minimum absolute atomic E-state index is 0.0865. The van der Waals surface area contributed by atoms with Crippen LogP contribution in [0.1, 0.15) is 37.0 Å². The Morgan fingerprint density at radius 3 is 2.71 bits per heavy atom. The zero-order valence-corrected chi connectivity index (χ0v) is 18.5. The Hall–Kier alpha value is -3.27. The van der Waals surface area contributed by atoms with E-state index in [4.69, 9.17) is 4.74 Å². The first kappa shape index (κ1) is 19.7. The highest BCUT2D eigenvalue weighted by Crippen LogP contribution is 2.52. The minimum atomic E-state index is -0.638. The molecule has 5 rings (SSSR count). The molecule has 1 saturated heterocycles. The summed E-state index contributed by atoms with van der Waals surface area (Å²) in [6, 6.07) is 19.0. The number of carbonyl (C=O) groups is 1. The number of aryl methyl sites for hydroxylation is 1. The molecule has 2 heterocycles. The lowest BCUT2D eigenvalue weighted by atomic mass is 9.74. The standard InChI is InChI=1S/C27H28N2O2/c1-18-9-11-23-22(17-18)26(2,3)27(28-25(30)14-16-29(23)27)15-13-21-20-8-6-5-7-19(20)10-12-24(21)31-4/h5-13,15,17H,14,16H2,1-4H3,(H,28,30). The van der Waals surface area contributed by atoms with Gasteiger partial charge in [0.1, 0.15) is 11.4 Å². The van der Waals surface area contributed by atoms with Gasteiger partial charge in [0.2, 0.25) is 5.91 Å². The van der Waals surface area contributed by atoms with Gasteiger partial charge in [0.25, 0.3) is 0 Å². The van der Waals surface area contributed by atoms with Crippen LogP contribution in [0.3, 0.4) is 0 Å². The Kier molecular flexibility index (Phi) is 4.37. The summed E-state index contributed by atoms with van der Waals surface area (Å²) in [6.07, 6.45) is 4.79. The van der Waals surface area contributed by atoms with E-state index in [1.165, 1.54) is 16.8 Å². The summed E-state index contributed by atoms with van der Waals surface area (Å²) < 4.78 is 5.70. The average Bonchev–Trinajstić information content (AvgIpc) is 2.95. The van der Waals surface area contributed by atoms with Crippen LogP contribution in [0.4, 0.5) is 5.69 Å². The van der Waals surface area contributed by atoms with Crippen molar-refractivity contribution >= 4 is 28.4 Å². The highest BCUT2D eigenvalue weighted by atomic mass is 16.5. The fourth-order valence-corrected chi connectivity index (χ4v) is 5.30. The number of hydrogen-bond donors (Lipinski definition) is 1. The Morgan fingerprint density at radius 1 is 1.10 bits per heavy atom. The molecule has 0 aliphatic carbocycles. The second-order valence-electron chi connectivity index (χ2n) is 9.10. The number of benzene rings is 3. The SMILES string of the molecule is COc1ccc2ccccc2c1C=CC12NC(=O)CCN1c1ccc(C)cc1C2(C)C. The summed E-state index contributed by atoms with van der Waals surface area (Å²) in [6.45, 7) is 7.27. The van der Waals surface area contributed by atoms with E-state index in [0.717, 1.165) is 22.1 Å². The van der Waals surface area contributed by atoms with Gasteiger partial charge in [-0.15, -0.1) is 0 Å². The molecule has 0 saturated carbocycles. The zero-order chi connectivity index (χ0) is 21.8. The molecule has 4 nitrogen and oxygen atoms in total. The predicted octanol–water partition coefficient (Wildman–Crippen LogP) is 5.18. The van der Waals surface area contributed by atoms with E-state index in [-0.39, 0.29) is 11.3 Å². The van der Waals surface area contributed by atoms with Crippen LogP contribution in [-0.4, -0.2) is 25.2 Å². The minimum Gasteiger partial charge on any atom is -0.496 e. The van der Waals surface area contributed by atoms with Gasteiger partial charge in [-0.05, 0) is 41.5 Å². The normalized spacial score (nSPS) is 21.8. The number of anilines is 1. The number of nitrogens with zero attached hydrogens (tertiary/aromatic N) is 1. The highest BCUT2D eigenvalue weighted by molar-refractivity contribution is 5.94. The molecule has 1 unspecified atom stereocenters. The van der Waals surface area contributed by atoms with Crippen LogP contribution < -0.4 is 15.0 Å². The number of rotatable bonds is 3. The number of hydrogen-bond acceptors (Lipinski definition) is 3. The summed E-state index contributed by atoms with van der Waals surface area (Å²) in [4.78, 5) is 15.0. The quantitative estimate of drug-likeness (QED) is 0.644. The molecule has 3 aromatic rings. The smallest absolute Gasteiger partial charge is 0.223 e. The van der Waals surface area contributed by atoms with E-state index in [1.54, 1.807) is 7.11 Å². The zero-order valence-electron chi connectivity index (χ0n) is 18.5. The molecule has 1 N–H and O–H groups in total. The Bertz CT molecular complexity index is 1230. The molecule has 3 aromatic carbocycles. The Balaban J connectivity index is 1.71.